The lowest BCUT2D eigenvalue weighted by Gasteiger charge is -2.35. The summed E-state index contributed by atoms with van der Waals surface area (Å²) in [6, 6.07) is 21.6. The third-order valence-corrected chi connectivity index (χ3v) is 9.14. The third kappa shape index (κ3) is 8.83. The number of sulfonamides is 1. The van der Waals surface area contributed by atoms with Crippen LogP contribution in [0.3, 0.4) is 0 Å². The van der Waals surface area contributed by atoms with Gasteiger partial charge in [-0.2, -0.15) is 0 Å². The molecule has 0 spiro atoms. The van der Waals surface area contributed by atoms with E-state index in [1.54, 1.807) is 13.2 Å². The van der Waals surface area contributed by atoms with Crippen molar-refractivity contribution in [1.82, 2.24) is 10.2 Å². The van der Waals surface area contributed by atoms with Crippen LogP contribution in [0.2, 0.25) is 0 Å². The molecular formula is C34H43N3O5S. The lowest BCUT2D eigenvalue weighted by atomic mass is 9.94. The Morgan fingerprint density at radius 1 is 0.930 bits per heavy atom. The maximum atomic E-state index is 14.3. The molecular weight excluding hydrogens is 562 g/mol. The average molecular weight is 606 g/mol. The number of carbonyl (C=O) groups excluding carboxylic acids is 2. The topological polar surface area (TPSA) is 96.0 Å². The zero-order chi connectivity index (χ0) is 31.0. The number of nitrogens with one attached hydrogen (secondary N) is 1. The molecule has 230 valence electrons. The summed E-state index contributed by atoms with van der Waals surface area (Å²) in [5.41, 5.74) is 3.85. The Balaban J connectivity index is 1.75. The highest BCUT2D eigenvalue weighted by molar-refractivity contribution is 7.92. The molecule has 0 bridgehead atoms. The van der Waals surface area contributed by atoms with Crippen LogP contribution in [0.15, 0.2) is 72.8 Å². The lowest BCUT2D eigenvalue weighted by molar-refractivity contribution is -0.140. The van der Waals surface area contributed by atoms with Crippen molar-refractivity contribution in [3.05, 3.63) is 95.1 Å². The van der Waals surface area contributed by atoms with Crippen molar-refractivity contribution in [2.24, 2.45) is 0 Å². The number of carbonyl (C=O) groups is 2. The minimum Gasteiger partial charge on any atom is -0.497 e. The maximum Gasteiger partial charge on any atom is 0.244 e. The van der Waals surface area contributed by atoms with Gasteiger partial charge in [0.15, 0.2) is 0 Å². The summed E-state index contributed by atoms with van der Waals surface area (Å²) in [6.45, 7) is 3.43. The fraction of sp³-hybridized carbons (Fsp3) is 0.412. The molecule has 1 aliphatic rings. The Morgan fingerprint density at radius 3 is 2.28 bits per heavy atom. The Labute approximate surface area is 256 Å². The minimum atomic E-state index is -3.83. The molecule has 9 heteroatoms. The molecule has 3 aromatic rings. The van der Waals surface area contributed by atoms with Crippen molar-refractivity contribution in [1.29, 1.82) is 0 Å². The first kappa shape index (κ1) is 32.1. The Hall–Kier alpha value is -3.85. The van der Waals surface area contributed by atoms with Crippen LogP contribution in [0.1, 0.15) is 54.4 Å². The van der Waals surface area contributed by atoms with Gasteiger partial charge in [-0.05, 0) is 61.6 Å². The summed E-state index contributed by atoms with van der Waals surface area (Å²) in [5.74, 6) is -0.0680. The lowest BCUT2D eigenvalue weighted by Crippen LogP contribution is -2.55. The summed E-state index contributed by atoms with van der Waals surface area (Å²) >= 11 is 0. The van der Waals surface area contributed by atoms with Gasteiger partial charge in [-0.3, -0.25) is 13.9 Å². The highest BCUT2D eigenvalue weighted by atomic mass is 32.2. The van der Waals surface area contributed by atoms with Crippen LogP contribution in [0.4, 0.5) is 5.69 Å². The number of hydrogen-bond acceptors (Lipinski definition) is 5. The first-order chi connectivity index (χ1) is 20.5. The van der Waals surface area contributed by atoms with E-state index in [1.165, 1.54) is 4.90 Å². The number of rotatable bonds is 12. The normalized spacial score (nSPS) is 14.5. The highest BCUT2D eigenvalue weighted by Gasteiger charge is 2.34. The van der Waals surface area contributed by atoms with Crippen LogP contribution in [0.25, 0.3) is 0 Å². The summed E-state index contributed by atoms with van der Waals surface area (Å²) in [5, 5.41) is 3.22. The number of amides is 2. The molecule has 8 nitrogen and oxygen atoms in total. The number of ether oxygens (including phenoxy) is 1. The minimum absolute atomic E-state index is 0.0519. The standard InChI is InChI=1S/C34H43N3O5S/c1-25-18-19-31(26(2)20-25)37(43(4,40)41)24-33(38)36(23-28-14-11-17-30(21-28)42-3)32(22-27-12-7-5-8-13-27)34(39)35-29-15-9-6-10-16-29/h5,7-8,11-14,17-21,29,32H,6,9-10,15-16,22-24H2,1-4H3,(H,35,39)/t32-/m1/s1. The number of methoxy groups -OCH3 is 1. The molecule has 0 unspecified atom stereocenters. The quantitative estimate of drug-likeness (QED) is 0.308. The Morgan fingerprint density at radius 2 is 1.63 bits per heavy atom. The smallest absolute Gasteiger partial charge is 0.244 e. The van der Waals surface area contributed by atoms with Gasteiger partial charge in [0.05, 0.1) is 19.1 Å². The zero-order valence-electron chi connectivity index (χ0n) is 25.6. The largest absolute Gasteiger partial charge is 0.497 e. The van der Waals surface area contributed by atoms with E-state index in [1.807, 2.05) is 80.6 Å². The van der Waals surface area contributed by atoms with Gasteiger partial charge in [0.2, 0.25) is 21.8 Å². The van der Waals surface area contributed by atoms with Crippen LogP contribution in [-0.4, -0.2) is 57.1 Å². The van der Waals surface area contributed by atoms with Crippen molar-refractivity contribution in [2.45, 2.75) is 71.0 Å². The van der Waals surface area contributed by atoms with Gasteiger partial charge in [-0.15, -0.1) is 0 Å². The van der Waals surface area contributed by atoms with E-state index in [-0.39, 0.29) is 24.9 Å². The maximum absolute atomic E-state index is 14.3. The van der Waals surface area contributed by atoms with Crippen LogP contribution < -0.4 is 14.4 Å². The predicted octanol–water partition coefficient (Wildman–Crippen LogP) is 5.17. The Bertz CT molecular complexity index is 1500. The number of benzene rings is 3. The van der Waals surface area contributed by atoms with Crippen LogP contribution in [-0.2, 0) is 32.6 Å². The second-order valence-electron chi connectivity index (χ2n) is 11.5. The molecule has 1 atom stereocenters. The van der Waals surface area contributed by atoms with Crippen molar-refractivity contribution in [3.8, 4) is 5.75 Å². The summed E-state index contributed by atoms with van der Waals surface area (Å²) in [7, 11) is -2.25. The summed E-state index contributed by atoms with van der Waals surface area (Å²) in [6.07, 6.45) is 6.46. The molecule has 4 rings (SSSR count). The van der Waals surface area contributed by atoms with Crippen LogP contribution in [0, 0.1) is 13.8 Å². The molecule has 2 amide bonds. The number of hydrogen-bond donors (Lipinski definition) is 1. The van der Waals surface area contributed by atoms with Crippen LogP contribution in [0.5, 0.6) is 5.75 Å². The Kier molecular flexibility index (Phi) is 10.9. The van der Waals surface area contributed by atoms with E-state index in [0.717, 1.165) is 64.9 Å². The molecule has 3 aromatic carbocycles. The molecule has 1 fully saturated rings. The molecule has 43 heavy (non-hydrogen) atoms. The zero-order valence-corrected chi connectivity index (χ0v) is 26.4. The van der Waals surface area contributed by atoms with Gasteiger partial charge in [0.1, 0.15) is 18.3 Å². The van der Waals surface area contributed by atoms with Crippen LogP contribution >= 0.6 is 0 Å². The van der Waals surface area contributed by atoms with E-state index in [0.29, 0.717) is 11.4 Å². The van der Waals surface area contributed by atoms with Crippen molar-refractivity contribution in [3.63, 3.8) is 0 Å². The first-order valence-corrected chi connectivity index (χ1v) is 16.7. The number of nitrogens with zero attached hydrogens (tertiary/aromatic N) is 2. The molecule has 0 radical (unpaired) electrons. The fourth-order valence-corrected chi connectivity index (χ4v) is 6.65. The summed E-state index contributed by atoms with van der Waals surface area (Å²) in [4.78, 5) is 29.9. The predicted molar refractivity (Wildman–Crippen MR) is 171 cm³/mol. The van der Waals surface area contributed by atoms with E-state index in [2.05, 4.69) is 5.32 Å². The monoisotopic (exact) mass is 605 g/mol. The van der Waals surface area contributed by atoms with Crippen molar-refractivity contribution < 1.29 is 22.7 Å². The average Bonchev–Trinajstić information content (AvgIpc) is 2.98. The molecule has 1 aliphatic carbocycles. The molecule has 0 heterocycles. The van der Waals surface area contributed by atoms with Gasteiger partial charge in [0.25, 0.3) is 0 Å². The number of aryl methyl sites for hydroxylation is 2. The van der Waals surface area contributed by atoms with E-state index in [9.17, 15) is 18.0 Å². The van der Waals surface area contributed by atoms with Gasteiger partial charge >= 0.3 is 0 Å². The van der Waals surface area contributed by atoms with E-state index >= 15 is 0 Å². The molecule has 0 aromatic heterocycles. The SMILES string of the molecule is COc1cccc(CN(C(=O)CN(c2ccc(C)cc2C)S(C)(=O)=O)[C@H](Cc2ccccc2)C(=O)NC2CCCCC2)c1. The van der Waals surface area contributed by atoms with Gasteiger partial charge in [0, 0.05) is 19.0 Å². The number of anilines is 1. The van der Waals surface area contributed by atoms with Crippen molar-refractivity contribution in [2.75, 3.05) is 24.2 Å². The first-order valence-electron chi connectivity index (χ1n) is 14.9. The van der Waals surface area contributed by atoms with E-state index in [4.69, 9.17) is 4.74 Å². The molecule has 0 aliphatic heterocycles. The third-order valence-electron chi connectivity index (χ3n) is 8.01. The van der Waals surface area contributed by atoms with Gasteiger partial charge in [-0.1, -0.05) is 79.4 Å². The van der Waals surface area contributed by atoms with E-state index < -0.39 is 28.5 Å². The summed E-state index contributed by atoms with van der Waals surface area (Å²) < 4.78 is 32.7. The highest BCUT2D eigenvalue weighted by Crippen LogP contribution is 2.26. The molecule has 1 N–H and O–H groups in total. The van der Waals surface area contributed by atoms with Gasteiger partial charge in [-0.25, -0.2) is 8.42 Å². The fourth-order valence-electron chi connectivity index (χ4n) is 5.75. The molecule has 0 saturated heterocycles. The van der Waals surface area contributed by atoms with Crippen molar-refractivity contribution >= 4 is 27.5 Å². The molecule has 1 saturated carbocycles. The second-order valence-corrected chi connectivity index (χ2v) is 13.4. The second kappa shape index (κ2) is 14.6. The van der Waals surface area contributed by atoms with Gasteiger partial charge < -0.3 is 15.0 Å².